The third kappa shape index (κ3) is 2.59. The van der Waals surface area contributed by atoms with E-state index >= 15 is 0 Å². The van der Waals surface area contributed by atoms with Gasteiger partial charge in [-0.3, -0.25) is 4.79 Å². The lowest BCUT2D eigenvalue weighted by molar-refractivity contribution is 0.102. The van der Waals surface area contributed by atoms with Gasteiger partial charge in [0.1, 0.15) is 4.60 Å². The molecule has 0 atom stereocenters. The van der Waals surface area contributed by atoms with Gasteiger partial charge < -0.3 is 5.32 Å². The molecule has 0 aliphatic rings. The van der Waals surface area contributed by atoms with Crippen molar-refractivity contribution in [3.63, 3.8) is 0 Å². The lowest BCUT2D eigenvalue weighted by Crippen LogP contribution is -2.14. The van der Waals surface area contributed by atoms with Gasteiger partial charge in [-0.1, -0.05) is 12.1 Å². The normalized spacial score (nSPS) is 10.2. The smallest absolute Gasteiger partial charge is 0.258 e. The molecule has 0 aliphatic carbocycles. The number of aromatic nitrogens is 1. The van der Waals surface area contributed by atoms with Crippen molar-refractivity contribution in [2.24, 2.45) is 0 Å². The maximum atomic E-state index is 12.1. The highest BCUT2D eigenvalue weighted by Crippen LogP contribution is 2.20. The minimum Gasteiger partial charge on any atom is -0.322 e. The molecule has 2 aromatic rings. The van der Waals surface area contributed by atoms with Crippen LogP contribution in [0.4, 0.5) is 5.69 Å². The molecular formula is C14H13BrN2O. The van der Waals surface area contributed by atoms with E-state index in [9.17, 15) is 4.79 Å². The summed E-state index contributed by atoms with van der Waals surface area (Å²) in [6.45, 7) is 4.01. The zero-order valence-electron chi connectivity index (χ0n) is 10.2. The van der Waals surface area contributed by atoms with Crippen LogP contribution < -0.4 is 5.32 Å². The lowest BCUT2D eigenvalue weighted by Gasteiger charge is -2.10. The fourth-order valence-electron chi connectivity index (χ4n) is 1.63. The molecule has 0 fully saturated rings. The molecular weight excluding hydrogens is 292 g/mol. The number of carbonyl (C=O) groups excluding carboxylic acids is 1. The van der Waals surface area contributed by atoms with Crippen LogP contribution in [-0.2, 0) is 0 Å². The SMILES string of the molecule is Cc1cccc(NC(=O)c2cccnc2Br)c1C. The van der Waals surface area contributed by atoms with Gasteiger partial charge in [0.25, 0.3) is 5.91 Å². The van der Waals surface area contributed by atoms with Crippen molar-refractivity contribution in [3.8, 4) is 0 Å². The topological polar surface area (TPSA) is 42.0 Å². The molecule has 1 N–H and O–H groups in total. The second-order valence-corrected chi connectivity index (χ2v) is 4.79. The molecule has 1 heterocycles. The van der Waals surface area contributed by atoms with Gasteiger partial charge in [-0.2, -0.15) is 0 Å². The van der Waals surface area contributed by atoms with Gasteiger partial charge in [-0.15, -0.1) is 0 Å². The summed E-state index contributed by atoms with van der Waals surface area (Å²) in [5, 5.41) is 2.90. The summed E-state index contributed by atoms with van der Waals surface area (Å²) in [6, 6.07) is 9.31. The van der Waals surface area contributed by atoms with Gasteiger partial charge >= 0.3 is 0 Å². The minimum absolute atomic E-state index is 0.163. The van der Waals surface area contributed by atoms with E-state index in [4.69, 9.17) is 0 Å². The van der Waals surface area contributed by atoms with Crippen LogP contribution in [0.3, 0.4) is 0 Å². The predicted molar refractivity (Wildman–Crippen MR) is 75.8 cm³/mol. The molecule has 0 saturated carbocycles. The van der Waals surface area contributed by atoms with Gasteiger partial charge in [-0.05, 0) is 59.1 Å². The third-order valence-electron chi connectivity index (χ3n) is 2.86. The Labute approximate surface area is 114 Å². The summed E-state index contributed by atoms with van der Waals surface area (Å²) >= 11 is 3.27. The van der Waals surface area contributed by atoms with Crippen LogP contribution in [0.15, 0.2) is 41.1 Å². The molecule has 0 aliphatic heterocycles. The highest BCUT2D eigenvalue weighted by molar-refractivity contribution is 9.10. The van der Waals surface area contributed by atoms with E-state index in [1.54, 1.807) is 18.3 Å². The Hall–Kier alpha value is -1.68. The van der Waals surface area contributed by atoms with Gasteiger partial charge in [-0.25, -0.2) is 4.98 Å². The number of rotatable bonds is 2. The van der Waals surface area contributed by atoms with E-state index in [-0.39, 0.29) is 5.91 Å². The maximum absolute atomic E-state index is 12.1. The van der Waals surface area contributed by atoms with Crippen molar-refractivity contribution in [2.45, 2.75) is 13.8 Å². The molecule has 18 heavy (non-hydrogen) atoms. The van der Waals surface area contributed by atoms with E-state index in [1.165, 1.54) is 0 Å². The van der Waals surface area contributed by atoms with E-state index in [1.807, 2.05) is 32.0 Å². The monoisotopic (exact) mass is 304 g/mol. The van der Waals surface area contributed by atoms with E-state index in [2.05, 4.69) is 26.2 Å². The number of carbonyl (C=O) groups is 1. The largest absolute Gasteiger partial charge is 0.322 e. The Balaban J connectivity index is 2.27. The molecule has 92 valence electrons. The first-order chi connectivity index (χ1) is 8.59. The zero-order valence-corrected chi connectivity index (χ0v) is 11.8. The molecule has 1 amide bonds. The Morgan fingerprint density at radius 3 is 2.72 bits per heavy atom. The summed E-state index contributed by atoms with van der Waals surface area (Å²) in [4.78, 5) is 16.2. The highest BCUT2D eigenvalue weighted by atomic mass is 79.9. The maximum Gasteiger partial charge on any atom is 0.258 e. The second-order valence-electron chi connectivity index (χ2n) is 4.04. The van der Waals surface area contributed by atoms with Gasteiger partial charge in [0.05, 0.1) is 5.56 Å². The number of pyridine rings is 1. The van der Waals surface area contributed by atoms with E-state index in [0.29, 0.717) is 10.2 Å². The predicted octanol–water partition coefficient (Wildman–Crippen LogP) is 3.71. The first-order valence-electron chi connectivity index (χ1n) is 5.57. The van der Waals surface area contributed by atoms with Crippen LogP contribution >= 0.6 is 15.9 Å². The van der Waals surface area contributed by atoms with Crippen LogP contribution in [0, 0.1) is 13.8 Å². The number of aryl methyl sites for hydroxylation is 1. The average Bonchev–Trinajstić information content (AvgIpc) is 2.35. The lowest BCUT2D eigenvalue weighted by atomic mass is 10.1. The standard InChI is InChI=1S/C14H13BrN2O/c1-9-5-3-7-12(10(9)2)17-14(18)11-6-4-8-16-13(11)15/h3-8H,1-2H3,(H,17,18). The zero-order chi connectivity index (χ0) is 13.1. The number of hydrogen-bond acceptors (Lipinski definition) is 2. The molecule has 4 heteroatoms. The molecule has 1 aromatic carbocycles. The molecule has 1 aromatic heterocycles. The van der Waals surface area contributed by atoms with E-state index in [0.717, 1.165) is 16.8 Å². The van der Waals surface area contributed by atoms with Crippen molar-refractivity contribution in [3.05, 3.63) is 57.8 Å². The van der Waals surface area contributed by atoms with Crippen LogP contribution in [0.2, 0.25) is 0 Å². The van der Waals surface area contributed by atoms with Crippen molar-refractivity contribution in [1.82, 2.24) is 4.98 Å². The molecule has 0 spiro atoms. The summed E-state index contributed by atoms with van der Waals surface area (Å²) in [7, 11) is 0. The number of halogens is 1. The first kappa shape index (κ1) is 12.8. The average molecular weight is 305 g/mol. The van der Waals surface area contributed by atoms with Crippen LogP contribution in [0.1, 0.15) is 21.5 Å². The molecule has 0 unspecified atom stereocenters. The molecule has 0 radical (unpaired) electrons. The van der Waals surface area contributed by atoms with Crippen molar-refractivity contribution < 1.29 is 4.79 Å². The first-order valence-corrected chi connectivity index (χ1v) is 6.37. The Morgan fingerprint density at radius 1 is 1.22 bits per heavy atom. The quantitative estimate of drug-likeness (QED) is 0.859. The Morgan fingerprint density at radius 2 is 2.00 bits per heavy atom. The fraction of sp³-hybridized carbons (Fsp3) is 0.143. The Kier molecular flexibility index (Phi) is 3.77. The fourth-order valence-corrected chi connectivity index (χ4v) is 2.06. The molecule has 2 rings (SSSR count). The number of nitrogens with one attached hydrogen (secondary N) is 1. The Bertz CT molecular complexity index is 596. The third-order valence-corrected chi connectivity index (χ3v) is 3.49. The van der Waals surface area contributed by atoms with Gasteiger partial charge in [0.15, 0.2) is 0 Å². The number of hydrogen-bond donors (Lipinski definition) is 1. The summed E-state index contributed by atoms with van der Waals surface area (Å²) in [5.41, 5.74) is 3.58. The van der Waals surface area contributed by atoms with Crippen LogP contribution in [0.25, 0.3) is 0 Å². The number of anilines is 1. The van der Waals surface area contributed by atoms with Gasteiger partial charge in [0, 0.05) is 11.9 Å². The van der Waals surface area contributed by atoms with Crippen molar-refractivity contribution in [2.75, 3.05) is 5.32 Å². The summed E-state index contributed by atoms with van der Waals surface area (Å²) in [5.74, 6) is -0.163. The van der Waals surface area contributed by atoms with Crippen molar-refractivity contribution >= 4 is 27.5 Å². The van der Waals surface area contributed by atoms with Crippen molar-refractivity contribution in [1.29, 1.82) is 0 Å². The molecule has 0 saturated heterocycles. The second kappa shape index (κ2) is 5.31. The van der Waals surface area contributed by atoms with Crippen LogP contribution in [-0.4, -0.2) is 10.9 Å². The molecule has 3 nitrogen and oxygen atoms in total. The number of nitrogens with zero attached hydrogens (tertiary/aromatic N) is 1. The van der Waals surface area contributed by atoms with E-state index < -0.39 is 0 Å². The number of amides is 1. The summed E-state index contributed by atoms with van der Waals surface area (Å²) < 4.78 is 0.549. The highest BCUT2D eigenvalue weighted by Gasteiger charge is 2.11. The summed E-state index contributed by atoms with van der Waals surface area (Å²) in [6.07, 6.45) is 1.64. The van der Waals surface area contributed by atoms with Crippen LogP contribution in [0.5, 0.6) is 0 Å². The minimum atomic E-state index is -0.163. The molecule has 0 bridgehead atoms. The van der Waals surface area contributed by atoms with Gasteiger partial charge in [0.2, 0.25) is 0 Å². The number of benzene rings is 1.